The van der Waals surface area contributed by atoms with Gasteiger partial charge in [-0.1, -0.05) is 13.3 Å². The maximum atomic E-state index is 12.3. The second kappa shape index (κ2) is 7.82. The quantitative estimate of drug-likeness (QED) is 0.491. The monoisotopic (exact) mass is 252 g/mol. The van der Waals surface area contributed by atoms with Gasteiger partial charge in [0.15, 0.2) is 0 Å². The summed E-state index contributed by atoms with van der Waals surface area (Å²) in [7, 11) is -3.34. The fourth-order valence-electron chi connectivity index (χ4n) is 1.28. The molecule has 0 aromatic heterocycles. The van der Waals surface area contributed by atoms with Crippen molar-refractivity contribution >= 4 is 13.6 Å². The summed E-state index contributed by atoms with van der Waals surface area (Å²) < 4.78 is 27.6. The first-order chi connectivity index (χ1) is 7.50. The van der Waals surface area contributed by atoms with Crippen LogP contribution in [0.2, 0.25) is 0 Å². The maximum Gasteiger partial charge on any atom is 0.370 e. The summed E-state index contributed by atoms with van der Waals surface area (Å²) in [6.07, 6.45) is 1.21. The lowest BCUT2D eigenvalue weighted by atomic mass is 10.4. The number of hydrogen-bond donors (Lipinski definition) is 0. The summed E-state index contributed by atoms with van der Waals surface area (Å²) in [6.45, 7) is 7.17. The number of ether oxygens (including phenoxy) is 1. The molecule has 0 aliphatic rings. The molecule has 0 aromatic carbocycles. The first kappa shape index (κ1) is 15.6. The lowest BCUT2D eigenvalue weighted by Crippen LogP contribution is -2.19. The van der Waals surface area contributed by atoms with E-state index in [4.69, 9.17) is 13.8 Å². The van der Waals surface area contributed by atoms with Crippen molar-refractivity contribution in [3.63, 3.8) is 0 Å². The molecule has 0 unspecified atom stereocenters. The van der Waals surface area contributed by atoms with E-state index in [1.165, 1.54) is 6.92 Å². The normalized spacial score (nSPS) is 13.5. The predicted molar refractivity (Wildman–Crippen MR) is 61.3 cm³/mol. The fourth-order valence-corrected chi connectivity index (χ4v) is 3.26. The van der Waals surface area contributed by atoms with Crippen LogP contribution in [0.3, 0.4) is 0 Å². The molecule has 1 atom stereocenters. The van der Waals surface area contributed by atoms with Crippen molar-refractivity contribution in [2.75, 3.05) is 13.2 Å². The van der Waals surface area contributed by atoms with Gasteiger partial charge in [0.25, 0.3) is 0 Å². The fraction of sp³-hybridized carbons (Fsp3) is 0.900. The van der Waals surface area contributed by atoms with Gasteiger partial charge in [-0.3, -0.25) is 9.36 Å². The molecule has 0 saturated heterocycles. The molecule has 0 fully saturated rings. The molecular formula is C10H21O5P. The zero-order valence-corrected chi connectivity index (χ0v) is 11.3. The molecule has 0 spiro atoms. The first-order valence-electron chi connectivity index (χ1n) is 5.56. The second-order valence-corrected chi connectivity index (χ2v) is 5.40. The third kappa shape index (κ3) is 5.10. The summed E-state index contributed by atoms with van der Waals surface area (Å²) >= 11 is 0. The summed E-state index contributed by atoms with van der Waals surface area (Å²) in [4.78, 5) is 10.9. The summed E-state index contributed by atoms with van der Waals surface area (Å²) in [5, 5.41) is 0. The Hall–Kier alpha value is -0.380. The molecule has 0 amide bonds. The van der Waals surface area contributed by atoms with E-state index in [1.807, 2.05) is 6.92 Å². The van der Waals surface area contributed by atoms with Crippen molar-refractivity contribution in [3.8, 4) is 0 Å². The second-order valence-electron chi connectivity index (χ2n) is 3.23. The number of rotatable bonds is 8. The van der Waals surface area contributed by atoms with Crippen LogP contribution in [0.25, 0.3) is 0 Å². The Kier molecular flexibility index (Phi) is 7.64. The van der Waals surface area contributed by atoms with Crippen molar-refractivity contribution in [3.05, 3.63) is 0 Å². The smallest absolute Gasteiger partial charge is 0.370 e. The molecule has 0 heterocycles. The number of esters is 1. The van der Waals surface area contributed by atoms with Gasteiger partial charge in [-0.2, -0.15) is 0 Å². The SMILES string of the molecule is CCC[C@@H](OC(C)=O)P(=O)(OCC)OCC. The van der Waals surface area contributed by atoms with Gasteiger partial charge in [0.1, 0.15) is 0 Å². The average Bonchev–Trinajstić information content (AvgIpc) is 2.17. The van der Waals surface area contributed by atoms with E-state index in [0.29, 0.717) is 6.42 Å². The average molecular weight is 252 g/mol. The van der Waals surface area contributed by atoms with Gasteiger partial charge >= 0.3 is 13.6 Å². The maximum absolute atomic E-state index is 12.3. The van der Waals surface area contributed by atoms with Crippen LogP contribution in [0.5, 0.6) is 0 Å². The van der Waals surface area contributed by atoms with Crippen molar-refractivity contribution < 1.29 is 23.1 Å². The Morgan fingerprint density at radius 2 is 1.69 bits per heavy atom. The molecular weight excluding hydrogens is 231 g/mol. The van der Waals surface area contributed by atoms with E-state index < -0.39 is 19.4 Å². The van der Waals surface area contributed by atoms with Gasteiger partial charge in [0.2, 0.25) is 5.85 Å². The van der Waals surface area contributed by atoms with Crippen LogP contribution in [-0.2, 0) is 23.1 Å². The topological polar surface area (TPSA) is 61.8 Å². The van der Waals surface area contributed by atoms with Crippen molar-refractivity contribution in [1.29, 1.82) is 0 Å². The molecule has 0 N–H and O–H groups in total. The predicted octanol–water partition coefficient (Wildman–Crippen LogP) is 2.94. The summed E-state index contributed by atoms with van der Waals surface area (Å²) in [6, 6.07) is 0. The van der Waals surface area contributed by atoms with Crippen LogP contribution in [-0.4, -0.2) is 25.0 Å². The molecule has 0 aromatic rings. The molecule has 6 heteroatoms. The minimum atomic E-state index is -3.34. The number of carbonyl (C=O) groups excluding carboxylic acids is 1. The van der Waals surface area contributed by atoms with E-state index in [2.05, 4.69) is 0 Å². The van der Waals surface area contributed by atoms with Crippen molar-refractivity contribution in [2.24, 2.45) is 0 Å². The van der Waals surface area contributed by atoms with Crippen molar-refractivity contribution in [1.82, 2.24) is 0 Å². The molecule has 0 aliphatic carbocycles. The lowest BCUT2D eigenvalue weighted by molar-refractivity contribution is -0.144. The first-order valence-corrected chi connectivity index (χ1v) is 7.17. The third-order valence-corrected chi connectivity index (χ3v) is 4.11. The zero-order valence-electron chi connectivity index (χ0n) is 10.4. The standard InChI is InChI=1S/C10H21O5P/c1-5-8-10(15-9(4)11)16(12,13-6-2)14-7-3/h10H,5-8H2,1-4H3/t10-/m0/s1. The van der Waals surface area contributed by atoms with Crippen molar-refractivity contribution in [2.45, 2.75) is 46.4 Å². The molecule has 16 heavy (non-hydrogen) atoms. The Balaban J connectivity index is 4.77. The Morgan fingerprint density at radius 1 is 1.19 bits per heavy atom. The van der Waals surface area contributed by atoms with E-state index in [9.17, 15) is 9.36 Å². The Bertz CT molecular complexity index is 244. The Morgan fingerprint density at radius 3 is 2.00 bits per heavy atom. The van der Waals surface area contributed by atoms with Gasteiger partial charge in [0, 0.05) is 6.92 Å². The third-order valence-electron chi connectivity index (χ3n) is 1.81. The highest BCUT2D eigenvalue weighted by atomic mass is 31.2. The van der Waals surface area contributed by atoms with Gasteiger partial charge < -0.3 is 13.8 Å². The summed E-state index contributed by atoms with van der Waals surface area (Å²) in [5.41, 5.74) is 0. The highest BCUT2D eigenvalue weighted by Crippen LogP contribution is 2.54. The van der Waals surface area contributed by atoms with Gasteiger partial charge in [-0.25, -0.2) is 0 Å². The van der Waals surface area contributed by atoms with E-state index in [0.717, 1.165) is 6.42 Å². The lowest BCUT2D eigenvalue weighted by Gasteiger charge is -2.25. The molecule has 0 saturated carbocycles. The van der Waals surface area contributed by atoms with Gasteiger partial charge in [0.05, 0.1) is 13.2 Å². The van der Waals surface area contributed by atoms with Crippen LogP contribution in [0.15, 0.2) is 0 Å². The molecule has 0 aliphatic heterocycles. The largest absolute Gasteiger partial charge is 0.450 e. The van der Waals surface area contributed by atoms with Crippen LogP contribution >= 0.6 is 7.60 Å². The molecule has 5 nitrogen and oxygen atoms in total. The van der Waals surface area contributed by atoms with E-state index >= 15 is 0 Å². The highest BCUT2D eigenvalue weighted by Gasteiger charge is 2.37. The summed E-state index contributed by atoms with van der Waals surface area (Å²) in [5.74, 6) is -1.27. The zero-order chi connectivity index (χ0) is 12.6. The van der Waals surface area contributed by atoms with E-state index in [1.54, 1.807) is 13.8 Å². The van der Waals surface area contributed by atoms with Crippen LogP contribution < -0.4 is 0 Å². The minimum absolute atomic E-state index is 0.263. The Labute approximate surface area is 97.0 Å². The van der Waals surface area contributed by atoms with Crippen LogP contribution in [0.1, 0.15) is 40.5 Å². The molecule has 0 bridgehead atoms. The molecule has 96 valence electrons. The van der Waals surface area contributed by atoms with Crippen LogP contribution in [0, 0.1) is 0 Å². The van der Waals surface area contributed by atoms with Gasteiger partial charge in [-0.05, 0) is 20.3 Å². The molecule has 0 radical (unpaired) electrons. The molecule has 0 rings (SSSR count). The minimum Gasteiger partial charge on any atom is -0.450 e. The van der Waals surface area contributed by atoms with Gasteiger partial charge in [-0.15, -0.1) is 0 Å². The highest BCUT2D eigenvalue weighted by molar-refractivity contribution is 7.54. The number of hydrogen-bond acceptors (Lipinski definition) is 5. The van der Waals surface area contributed by atoms with E-state index in [-0.39, 0.29) is 13.2 Å². The number of carbonyl (C=O) groups is 1. The van der Waals surface area contributed by atoms with Crippen LogP contribution in [0.4, 0.5) is 0 Å².